The first-order valence-corrected chi connectivity index (χ1v) is 3.88. The summed E-state index contributed by atoms with van der Waals surface area (Å²) in [5.74, 6) is 0.0276. The van der Waals surface area contributed by atoms with Crippen molar-refractivity contribution in [3.63, 3.8) is 0 Å². The molecule has 0 aromatic carbocycles. The standard InChI is InChI=1S/C8H15N3O/c1-7(4-5-9)10-6-8(12)11(2)3/h7,10H,4,6H2,1-3H3. The predicted octanol–water partition coefficient (Wildman–Crippen LogP) is -0.0336. The maximum Gasteiger partial charge on any atom is 0.236 e. The summed E-state index contributed by atoms with van der Waals surface area (Å²) in [5, 5.41) is 11.3. The fourth-order valence-electron chi connectivity index (χ4n) is 0.629. The van der Waals surface area contributed by atoms with E-state index in [0.29, 0.717) is 13.0 Å². The van der Waals surface area contributed by atoms with Gasteiger partial charge in [-0.2, -0.15) is 5.26 Å². The molecule has 4 heteroatoms. The molecule has 0 saturated carbocycles. The van der Waals surface area contributed by atoms with Gasteiger partial charge in [-0.25, -0.2) is 0 Å². The Morgan fingerprint density at radius 1 is 1.67 bits per heavy atom. The summed E-state index contributed by atoms with van der Waals surface area (Å²) in [6.07, 6.45) is 0.431. The molecule has 0 aliphatic carbocycles. The van der Waals surface area contributed by atoms with E-state index in [-0.39, 0.29) is 11.9 Å². The first kappa shape index (κ1) is 10.9. The number of hydrogen-bond acceptors (Lipinski definition) is 3. The molecule has 0 saturated heterocycles. The van der Waals surface area contributed by atoms with Gasteiger partial charge in [-0.15, -0.1) is 0 Å². The summed E-state index contributed by atoms with van der Waals surface area (Å²) in [6, 6.07) is 2.12. The van der Waals surface area contributed by atoms with Gasteiger partial charge in [0.05, 0.1) is 19.0 Å². The van der Waals surface area contributed by atoms with Gasteiger partial charge in [-0.1, -0.05) is 0 Å². The molecule has 0 aliphatic rings. The first-order valence-electron chi connectivity index (χ1n) is 3.88. The third kappa shape index (κ3) is 4.69. The molecule has 4 nitrogen and oxygen atoms in total. The van der Waals surface area contributed by atoms with Crippen molar-refractivity contribution in [3.05, 3.63) is 0 Å². The summed E-state index contributed by atoms with van der Waals surface area (Å²) in [7, 11) is 3.41. The quantitative estimate of drug-likeness (QED) is 0.642. The molecule has 1 unspecified atom stereocenters. The predicted molar refractivity (Wildman–Crippen MR) is 46.4 cm³/mol. The van der Waals surface area contributed by atoms with Crippen LogP contribution in [0, 0.1) is 11.3 Å². The Balaban J connectivity index is 3.55. The van der Waals surface area contributed by atoms with E-state index in [9.17, 15) is 4.79 Å². The molecule has 0 bridgehead atoms. The number of nitrogens with one attached hydrogen (secondary N) is 1. The maximum atomic E-state index is 11.0. The molecule has 0 spiro atoms. The van der Waals surface area contributed by atoms with Gasteiger partial charge in [-0.3, -0.25) is 4.79 Å². The third-order valence-electron chi connectivity index (χ3n) is 1.50. The Morgan fingerprint density at radius 2 is 2.25 bits per heavy atom. The number of nitriles is 1. The number of carbonyl (C=O) groups is 1. The van der Waals surface area contributed by atoms with Crippen molar-refractivity contribution in [3.8, 4) is 6.07 Å². The van der Waals surface area contributed by atoms with Gasteiger partial charge < -0.3 is 10.2 Å². The SMILES string of the molecule is CC(CC#N)NCC(=O)N(C)C. The molecule has 68 valence electrons. The smallest absolute Gasteiger partial charge is 0.236 e. The average Bonchev–Trinajstić information content (AvgIpc) is 2.00. The Morgan fingerprint density at radius 3 is 2.67 bits per heavy atom. The minimum atomic E-state index is 0.0276. The fraction of sp³-hybridized carbons (Fsp3) is 0.750. The summed E-state index contributed by atoms with van der Waals surface area (Å²) in [6.45, 7) is 2.18. The molecule has 0 rings (SSSR count). The number of nitrogens with zero attached hydrogens (tertiary/aromatic N) is 2. The zero-order valence-electron chi connectivity index (χ0n) is 7.79. The van der Waals surface area contributed by atoms with Crippen LogP contribution in [0.1, 0.15) is 13.3 Å². The number of rotatable bonds is 4. The molecule has 0 aliphatic heterocycles. The molecule has 0 fully saturated rings. The lowest BCUT2D eigenvalue weighted by molar-refractivity contribution is -0.127. The normalized spacial score (nSPS) is 11.8. The minimum Gasteiger partial charge on any atom is -0.348 e. The third-order valence-corrected chi connectivity index (χ3v) is 1.50. The molecule has 1 atom stereocenters. The van der Waals surface area contributed by atoms with Crippen LogP contribution in [-0.4, -0.2) is 37.5 Å². The van der Waals surface area contributed by atoms with Crippen LogP contribution in [-0.2, 0) is 4.79 Å². The van der Waals surface area contributed by atoms with Crippen LogP contribution in [0.4, 0.5) is 0 Å². The largest absolute Gasteiger partial charge is 0.348 e. The van der Waals surface area contributed by atoms with Gasteiger partial charge in [0.15, 0.2) is 0 Å². The summed E-state index contributed by atoms with van der Waals surface area (Å²) in [5.41, 5.74) is 0. The van der Waals surface area contributed by atoms with E-state index < -0.39 is 0 Å². The van der Waals surface area contributed by atoms with Gasteiger partial charge in [0.1, 0.15) is 0 Å². The lowest BCUT2D eigenvalue weighted by Crippen LogP contribution is -2.37. The van der Waals surface area contributed by atoms with Crippen molar-refractivity contribution in [1.29, 1.82) is 5.26 Å². The van der Waals surface area contributed by atoms with Crippen LogP contribution in [0.3, 0.4) is 0 Å². The second-order valence-corrected chi connectivity index (χ2v) is 2.93. The summed E-state index contributed by atoms with van der Waals surface area (Å²) >= 11 is 0. The zero-order chi connectivity index (χ0) is 9.56. The average molecular weight is 169 g/mol. The van der Waals surface area contributed by atoms with Crippen LogP contribution < -0.4 is 5.32 Å². The van der Waals surface area contributed by atoms with E-state index >= 15 is 0 Å². The van der Waals surface area contributed by atoms with E-state index in [0.717, 1.165) is 0 Å². The second-order valence-electron chi connectivity index (χ2n) is 2.93. The Hall–Kier alpha value is -1.08. The lowest BCUT2D eigenvalue weighted by Gasteiger charge is -2.13. The maximum absolute atomic E-state index is 11.0. The molecule has 0 heterocycles. The number of amides is 1. The van der Waals surface area contributed by atoms with Crippen molar-refractivity contribution in [2.45, 2.75) is 19.4 Å². The van der Waals surface area contributed by atoms with Gasteiger partial charge in [0.2, 0.25) is 5.91 Å². The molecule has 12 heavy (non-hydrogen) atoms. The molecule has 0 aromatic heterocycles. The van der Waals surface area contributed by atoms with Crippen molar-refractivity contribution >= 4 is 5.91 Å². The molecule has 1 amide bonds. The van der Waals surface area contributed by atoms with Crippen LogP contribution in [0.5, 0.6) is 0 Å². The highest BCUT2D eigenvalue weighted by Gasteiger charge is 2.05. The summed E-state index contributed by atoms with van der Waals surface area (Å²) < 4.78 is 0. The topological polar surface area (TPSA) is 56.1 Å². The highest BCUT2D eigenvalue weighted by atomic mass is 16.2. The Bertz CT molecular complexity index is 183. The van der Waals surface area contributed by atoms with Crippen molar-refractivity contribution < 1.29 is 4.79 Å². The van der Waals surface area contributed by atoms with Crippen molar-refractivity contribution in [2.75, 3.05) is 20.6 Å². The van der Waals surface area contributed by atoms with Gasteiger partial charge in [0, 0.05) is 20.1 Å². The summed E-state index contributed by atoms with van der Waals surface area (Å²) in [4.78, 5) is 12.6. The number of likely N-dealkylation sites (N-methyl/N-ethyl adjacent to an activating group) is 1. The van der Waals surface area contributed by atoms with Gasteiger partial charge >= 0.3 is 0 Å². The minimum absolute atomic E-state index is 0.0276. The molecule has 0 radical (unpaired) electrons. The lowest BCUT2D eigenvalue weighted by atomic mass is 10.2. The highest BCUT2D eigenvalue weighted by molar-refractivity contribution is 5.77. The monoisotopic (exact) mass is 169 g/mol. The highest BCUT2D eigenvalue weighted by Crippen LogP contribution is 1.87. The van der Waals surface area contributed by atoms with Gasteiger partial charge in [-0.05, 0) is 6.92 Å². The van der Waals surface area contributed by atoms with Crippen LogP contribution in [0.15, 0.2) is 0 Å². The number of carbonyl (C=O) groups excluding carboxylic acids is 1. The molecular weight excluding hydrogens is 154 g/mol. The van der Waals surface area contributed by atoms with Crippen LogP contribution in [0.2, 0.25) is 0 Å². The van der Waals surface area contributed by atoms with E-state index in [1.54, 1.807) is 14.1 Å². The molecular formula is C8H15N3O. The van der Waals surface area contributed by atoms with E-state index in [1.165, 1.54) is 4.90 Å². The number of hydrogen-bond donors (Lipinski definition) is 1. The van der Waals surface area contributed by atoms with Crippen molar-refractivity contribution in [1.82, 2.24) is 10.2 Å². The Labute approximate surface area is 73.2 Å². The van der Waals surface area contributed by atoms with E-state index in [2.05, 4.69) is 5.32 Å². The molecule has 1 N–H and O–H groups in total. The zero-order valence-corrected chi connectivity index (χ0v) is 7.79. The second kappa shape index (κ2) is 5.56. The molecule has 0 aromatic rings. The van der Waals surface area contributed by atoms with Crippen LogP contribution >= 0.6 is 0 Å². The van der Waals surface area contributed by atoms with E-state index in [1.807, 2.05) is 13.0 Å². The fourth-order valence-corrected chi connectivity index (χ4v) is 0.629. The Kier molecular flexibility index (Phi) is 5.06. The van der Waals surface area contributed by atoms with Crippen molar-refractivity contribution in [2.24, 2.45) is 0 Å². The van der Waals surface area contributed by atoms with Crippen LogP contribution in [0.25, 0.3) is 0 Å². The first-order chi connectivity index (χ1) is 5.57. The van der Waals surface area contributed by atoms with E-state index in [4.69, 9.17) is 5.26 Å². The van der Waals surface area contributed by atoms with Gasteiger partial charge in [0.25, 0.3) is 0 Å².